The third kappa shape index (κ3) is 7.57. The van der Waals surface area contributed by atoms with Gasteiger partial charge in [-0.15, -0.1) is 0 Å². The lowest BCUT2D eigenvalue weighted by atomic mass is 10.0. The van der Waals surface area contributed by atoms with E-state index in [1.54, 1.807) is 0 Å². The lowest BCUT2D eigenvalue weighted by Crippen LogP contribution is -2.43. The first-order valence-corrected chi connectivity index (χ1v) is 13.2. The molecule has 2 saturated heterocycles. The maximum Gasteiger partial charge on any atom is 0.416 e. The third-order valence-corrected chi connectivity index (χ3v) is 7.45. The first-order valence-electron chi connectivity index (χ1n) is 13.2. The van der Waals surface area contributed by atoms with Crippen molar-refractivity contribution in [2.75, 3.05) is 38.2 Å². The number of hydrogen-bond donors (Lipinski definition) is 2. The van der Waals surface area contributed by atoms with E-state index in [1.807, 2.05) is 0 Å². The van der Waals surface area contributed by atoms with Crippen molar-refractivity contribution in [3.05, 3.63) is 63.1 Å². The summed E-state index contributed by atoms with van der Waals surface area (Å²) in [4.78, 5) is 27.7. The van der Waals surface area contributed by atoms with Gasteiger partial charge < -0.3 is 19.9 Å². The third-order valence-electron chi connectivity index (χ3n) is 7.45. The van der Waals surface area contributed by atoms with Crippen LogP contribution in [0.3, 0.4) is 0 Å². The number of amides is 1. The van der Waals surface area contributed by atoms with Crippen LogP contribution in [0.1, 0.15) is 58.8 Å². The van der Waals surface area contributed by atoms with Crippen molar-refractivity contribution in [2.45, 2.75) is 63.6 Å². The molecule has 13 heteroatoms. The van der Waals surface area contributed by atoms with Gasteiger partial charge in [0.1, 0.15) is 0 Å². The minimum atomic E-state index is -4.53. The second kappa shape index (κ2) is 12.2. The van der Waals surface area contributed by atoms with Crippen molar-refractivity contribution < 1.29 is 35.9 Å². The van der Waals surface area contributed by atoms with Crippen LogP contribution in [0, 0.1) is 6.92 Å². The highest BCUT2D eigenvalue weighted by Gasteiger charge is 2.34. The van der Waals surface area contributed by atoms with Crippen LogP contribution in [0.5, 0.6) is 0 Å². The van der Waals surface area contributed by atoms with E-state index in [9.17, 15) is 35.9 Å². The summed E-state index contributed by atoms with van der Waals surface area (Å²) in [5, 5.41) is 5.84. The molecule has 0 bridgehead atoms. The molecule has 0 unspecified atom stereocenters. The Morgan fingerprint density at radius 3 is 2.35 bits per heavy atom. The number of anilines is 1. The lowest BCUT2D eigenvalue weighted by molar-refractivity contribution is -0.147. The average Bonchev–Trinajstić information content (AvgIpc) is 2.88. The van der Waals surface area contributed by atoms with E-state index < -0.39 is 30.4 Å². The van der Waals surface area contributed by atoms with Gasteiger partial charge in [-0.25, -0.2) is 0 Å². The van der Waals surface area contributed by atoms with E-state index in [4.69, 9.17) is 4.74 Å². The van der Waals surface area contributed by atoms with Crippen LogP contribution in [-0.4, -0.2) is 60.4 Å². The highest BCUT2D eigenvalue weighted by Crippen LogP contribution is 2.33. The van der Waals surface area contributed by atoms with Crippen LogP contribution < -0.4 is 16.2 Å². The first-order chi connectivity index (χ1) is 18.8. The highest BCUT2D eigenvalue weighted by atomic mass is 19.4. The summed E-state index contributed by atoms with van der Waals surface area (Å²) in [7, 11) is 0. The number of benzene rings is 1. The van der Waals surface area contributed by atoms with Crippen LogP contribution in [0.15, 0.2) is 35.3 Å². The smallest absolute Gasteiger partial charge is 0.381 e. The Kier molecular flexibility index (Phi) is 9.13. The van der Waals surface area contributed by atoms with Crippen LogP contribution in [-0.2, 0) is 17.5 Å². The molecule has 0 atom stereocenters. The molecule has 0 spiro atoms. The molecule has 2 aliphatic heterocycles. The molecule has 0 radical (unpaired) electrons. The van der Waals surface area contributed by atoms with Gasteiger partial charge in [0.15, 0.2) is 0 Å². The fraction of sp³-hybridized carbons (Fsp3) is 0.556. The van der Waals surface area contributed by atoms with Gasteiger partial charge in [-0.2, -0.15) is 26.3 Å². The minimum absolute atomic E-state index is 0.00596. The fourth-order valence-corrected chi connectivity index (χ4v) is 5.26. The number of aromatic nitrogens is 1. The number of carbonyl (C=O) groups excluding carboxylic acids is 1. The predicted molar refractivity (Wildman–Crippen MR) is 136 cm³/mol. The van der Waals surface area contributed by atoms with Crippen LogP contribution in [0.2, 0.25) is 0 Å². The zero-order chi connectivity index (χ0) is 29.1. The summed E-state index contributed by atoms with van der Waals surface area (Å²) in [5.41, 5.74) is -0.450. The van der Waals surface area contributed by atoms with Gasteiger partial charge in [0, 0.05) is 57.2 Å². The highest BCUT2D eigenvalue weighted by molar-refractivity contribution is 5.99. The van der Waals surface area contributed by atoms with E-state index in [0.717, 1.165) is 6.07 Å². The molecule has 0 saturated carbocycles. The number of hydrogen-bond acceptors (Lipinski definition) is 5. The fourth-order valence-electron chi connectivity index (χ4n) is 5.26. The molecule has 0 aliphatic carbocycles. The Balaban J connectivity index is 1.55. The number of carbonyl (C=O) groups is 1. The van der Waals surface area contributed by atoms with E-state index >= 15 is 0 Å². The number of nitrogens with zero attached hydrogens (tertiary/aromatic N) is 2. The van der Waals surface area contributed by atoms with Crippen molar-refractivity contribution in [3.63, 3.8) is 0 Å². The maximum absolute atomic E-state index is 13.4. The molecular formula is C27H32F6N4O3. The van der Waals surface area contributed by atoms with Crippen molar-refractivity contribution in [1.29, 1.82) is 0 Å². The Morgan fingerprint density at radius 1 is 1.05 bits per heavy atom. The molecule has 3 heterocycles. The van der Waals surface area contributed by atoms with Crippen molar-refractivity contribution in [3.8, 4) is 0 Å². The topological polar surface area (TPSA) is 75.6 Å². The zero-order valence-corrected chi connectivity index (χ0v) is 22.0. The van der Waals surface area contributed by atoms with Crippen LogP contribution in [0.4, 0.5) is 32.0 Å². The number of ether oxygens (including phenoxy) is 1. The average molecular weight is 575 g/mol. The number of pyridine rings is 1. The number of halogens is 6. The summed E-state index contributed by atoms with van der Waals surface area (Å²) < 4.78 is 85.1. The number of likely N-dealkylation sites (tertiary alicyclic amines) is 1. The number of nitrogens with one attached hydrogen (secondary N) is 2. The Labute approximate surface area is 227 Å². The second-order valence-electron chi connectivity index (χ2n) is 10.3. The monoisotopic (exact) mass is 574 g/mol. The Morgan fingerprint density at radius 2 is 1.73 bits per heavy atom. The number of rotatable bonds is 7. The van der Waals surface area contributed by atoms with Crippen molar-refractivity contribution in [2.24, 2.45) is 0 Å². The number of alkyl halides is 6. The van der Waals surface area contributed by atoms with E-state index in [1.165, 1.54) is 40.8 Å². The SMILES string of the molecule is Cc1c(CNC(=O)c2cn(C3CCOCC3)c(=O)cc2NC2CCN(CC(F)(F)F)CC2)cccc1C(F)(F)F. The summed E-state index contributed by atoms with van der Waals surface area (Å²) in [6, 6.07) is 4.62. The molecule has 1 aromatic heterocycles. The zero-order valence-electron chi connectivity index (χ0n) is 22.0. The molecule has 1 aromatic carbocycles. The normalized spacial score (nSPS) is 18.1. The standard InChI is InChI=1S/C27H32F6N4O3/c1-17-18(3-2-4-22(17)27(31,32)33)14-34-25(39)21-15-37(20-7-11-40-12-8-20)24(38)13-23(21)35-19-5-9-36(10-6-19)16-26(28,29)30/h2-4,13,15,19-20,35H,5-12,14,16H2,1H3,(H,34,39). The molecule has 220 valence electrons. The summed E-state index contributed by atoms with van der Waals surface area (Å²) in [6.45, 7) is 1.50. The van der Waals surface area contributed by atoms with E-state index in [2.05, 4.69) is 10.6 Å². The van der Waals surface area contributed by atoms with Gasteiger partial charge in [0.05, 0.1) is 23.4 Å². The quantitative estimate of drug-likeness (QED) is 0.461. The van der Waals surface area contributed by atoms with Gasteiger partial charge >= 0.3 is 12.4 Å². The van der Waals surface area contributed by atoms with Crippen molar-refractivity contribution >= 4 is 11.6 Å². The first kappa shape index (κ1) is 29.9. The van der Waals surface area contributed by atoms with Crippen LogP contribution >= 0.6 is 0 Å². The predicted octanol–water partition coefficient (Wildman–Crippen LogP) is 4.90. The van der Waals surface area contributed by atoms with E-state index in [-0.39, 0.29) is 54.1 Å². The Hall–Kier alpha value is -3.06. The summed E-state index contributed by atoms with van der Waals surface area (Å²) in [6.07, 6.45) is -5.46. The molecule has 2 N–H and O–H groups in total. The van der Waals surface area contributed by atoms with Gasteiger partial charge in [-0.3, -0.25) is 14.5 Å². The molecule has 40 heavy (non-hydrogen) atoms. The minimum Gasteiger partial charge on any atom is -0.381 e. The molecule has 7 nitrogen and oxygen atoms in total. The van der Waals surface area contributed by atoms with Gasteiger partial charge in [0.25, 0.3) is 11.5 Å². The molecule has 2 aromatic rings. The second-order valence-corrected chi connectivity index (χ2v) is 10.3. The molecule has 2 aliphatic rings. The lowest BCUT2D eigenvalue weighted by Gasteiger charge is -2.33. The van der Waals surface area contributed by atoms with E-state index in [0.29, 0.717) is 44.5 Å². The van der Waals surface area contributed by atoms with Gasteiger partial charge in [0.2, 0.25) is 0 Å². The van der Waals surface area contributed by atoms with Crippen molar-refractivity contribution in [1.82, 2.24) is 14.8 Å². The maximum atomic E-state index is 13.4. The molecule has 4 rings (SSSR count). The van der Waals surface area contributed by atoms with Gasteiger partial charge in [-0.1, -0.05) is 12.1 Å². The van der Waals surface area contributed by atoms with Crippen LogP contribution in [0.25, 0.3) is 0 Å². The molecular weight excluding hydrogens is 542 g/mol. The summed E-state index contributed by atoms with van der Waals surface area (Å²) >= 11 is 0. The molecule has 1 amide bonds. The summed E-state index contributed by atoms with van der Waals surface area (Å²) in [5.74, 6) is -0.588. The number of piperidine rings is 1. The largest absolute Gasteiger partial charge is 0.416 e. The molecule has 2 fully saturated rings. The van der Waals surface area contributed by atoms with Gasteiger partial charge in [-0.05, 0) is 49.8 Å². The Bertz CT molecular complexity index is 1250.